The Bertz CT molecular complexity index is 818. The van der Waals surface area contributed by atoms with Crippen molar-refractivity contribution >= 4 is 16.9 Å². The van der Waals surface area contributed by atoms with Crippen LogP contribution in [0, 0.1) is 12.3 Å². The molecule has 5 atom stereocenters. The minimum atomic E-state index is -2.48. The SMILES string of the molecule is C#C[C@@]1(F)[C@H](O)C2(CC2O)O[C@H]1n1ccc2c(N)ncnc21. The summed E-state index contributed by atoms with van der Waals surface area (Å²) in [5.74, 6) is 2.22. The van der Waals surface area contributed by atoms with Crippen LogP contribution in [-0.4, -0.2) is 48.2 Å². The molecule has 4 N–H and O–H groups in total. The fourth-order valence-electron chi connectivity index (χ4n) is 3.10. The number of hydrogen-bond acceptors (Lipinski definition) is 6. The number of halogens is 1. The normalized spacial score (nSPS) is 40.2. The van der Waals surface area contributed by atoms with E-state index in [1.54, 1.807) is 6.07 Å². The van der Waals surface area contributed by atoms with Crippen LogP contribution in [0.2, 0.25) is 0 Å². The zero-order valence-corrected chi connectivity index (χ0v) is 11.3. The maximum atomic E-state index is 15.2. The van der Waals surface area contributed by atoms with Crippen LogP contribution >= 0.6 is 0 Å². The summed E-state index contributed by atoms with van der Waals surface area (Å²) in [5.41, 5.74) is 2.25. The molecule has 8 heteroatoms. The molecule has 0 radical (unpaired) electrons. The predicted octanol–water partition coefficient (Wildman–Crippen LogP) is -0.252. The summed E-state index contributed by atoms with van der Waals surface area (Å²) < 4.78 is 22.2. The Balaban J connectivity index is 1.88. The lowest BCUT2D eigenvalue weighted by molar-refractivity contribution is -0.0627. The molecule has 7 nitrogen and oxygen atoms in total. The molecule has 0 bridgehead atoms. The van der Waals surface area contributed by atoms with Gasteiger partial charge in [0.05, 0.1) is 11.5 Å². The van der Waals surface area contributed by atoms with Gasteiger partial charge in [-0.25, -0.2) is 14.4 Å². The van der Waals surface area contributed by atoms with Crippen molar-refractivity contribution in [3.05, 3.63) is 18.6 Å². The lowest BCUT2D eigenvalue weighted by Gasteiger charge is -2.24. The van der Waals surface area contributed by atoms with Gasteiger partial charge in [-0.2, -0.15) is 0 Å². The Morgan fingerprint density at radius 3 is 2.86 bits per heavy atom. The van der Waals surface area contributed by atoms with Gasteiger partial charge in [0.1, 0.15) is 29.5 Å². The molecule has 114 valence electrons. The minimum absolute atomic E-state index is 0.133. The number of fused-ring (bicyclic) bond motifs is 1. The summed E-state index contributed by atoms with van der Waals surface area (Å²) >= 11 is 0. The Morgan fingerprint density at radius 2 is 2.23 bits per heavy atom. The summed E-state index contributed by atoms with van der Waals surface area (Å²) in [6.07, 6.45) is 4.33. The number of ether oxygens (including phenoxy) is 1. The molecule has 4 rings (SSSR count). The van der Waals surface area contributed by atoms with Gasteiger partial charge in [-0.3, -0.25) is 0 Å². The fraction of sp³-hybridized carbons (Fsp3) is 0.429. The topological polar surface area (TPSA) is 106 Å². The smallest absolute Gasteiger partial charge is 0.243 e. The molecule has 1 saturated heterocycles. The number of terminal acetylenes is 1. The van der Waals surface area contributed by atoms with E-state index in [0.717, 1.165) is 0 Å². The van der Waals surface area contributed by atoms with Gasteiger partial charge in [0, 0.05) is 12.6 Å². The molecular weight excluding hydrogens is 291 g/mol. The summed E-state index contributed by atoms with van der Waals surface area (Å²) in [6, 6.07) is 1.62. The standard InChI is InChI=1S/C14H13FN4O3/c1-2-13(15)11(21)14(5-8(14)20)22-12(13)19-4-3-7-9(16)17-6-18-10(7)19/h1,3-4,6,8,11-12,20-21H,5H2,(H2,16,17,18)/t8?,11-,12+,13+,14?/m0/s1. The van der Waals surface area contributed by atoms with Crippen molar-refractivity contribution in [2.24, 2.45) is 0 Å². The second-order valence-electron chi connectivity index (χ2n) is 5.68. The number of aliphatic hydroxyl groups excluding tert-OH is 2. The highest BCUT2D eigenvalue weighted by Crippen LogP contribution is 2.58. The van der Waals surface area contributed by atoms with E-state index in [1.165, 1.54) is 17.1 Å². The molecule has 2 aromatic heterocycles. The second-order valence-corrected chi connectivity index (χ2v) is 5.68. The number of alkyl halides is 1. The molecule has 22 heavy (non-hydrogen) atoms. The van der Waals surface area contributed by atoms with E-state index >= 15 is 4.39 Å². The highest BCUT2D eigenvalue weighted by molar-refractivity contribution is 5.86. The summed E-state index contributed by atoms with van der Waals surface area (Å²) in [5, 5.41) is 20.5. The van der Waals surface area contributed by atoms with Crippen molar-refractivity contribution in [2.45, 2.75) is 36.1 Å². The van der Waals surface area contributed by atoms with Gasteiger partial charge in [0.2, 0.25) is 5.67 Å². The van der Waals surface area contributed by atoms with Gasteiger partial charge in [0.25, 0.3) is 0 Å². The monoisotopic (exact) mass is 304 g/mol. The van der Waals surface area contributed by atoms with Crippen molar-refractivity contribution in [1.29, 1.82) is 0 Å². The minimum Gasteiger partial charge on any atom is -0.390 e. The maximum Gasteiger partial charge on any atom is 0.243 e. The first kappa shape index (κ1) is 13.5. The van der Waals surface area contributed by atoms with E-state index in [0.29, 0.717) is 11.0 Å². The first-order valence-electron chi connectivity index (χ1n) is 6.71. The Morgan fingerprint density at radius 1 is 1.50 bits per heavy atom. The fourth-order valence-corrected chi connectivity index (χ4v) is 3.10. The van der Waals surface area contributed by atoms with E-state index in [1.807, 2.05) is 5.92 Å². The third-order valence-electron chi connectivity index (χ3n) is 4.48. The van der Waals surface area contributed by atoms with Crippen LogP contribution in [0.5, 0.6) is 0 Å². The third kappa shape index (κ3) is 1.40. The van der Waals surface area contributed by atoms with E-state index < -0.39 is 29.7 Å². The molecule has 1 aliphatic heterocycles. The molecular formula is C14H13FN4O3. The number of hydrogen-bond donors (Lipinski definition) is 3. The van der Waals surface area contributed by atoms with Gasteiger partial charge >= 0.3 is 0 Å². The van der Waals surface area contributed by atoms with Crippen LogP contribution in [-0.2, 0) is 4.74 Å². The molecule has 1 saturated carbocycles. The quantitative estimate of drug-likeness (QED) is 0.627. The Kier molecular flexibility index (Phi) is 2.42. The largest absolute Gasteiger partial charge is 0.390 e. The van der Waals surface area contributed by atoms with Gasteiger partial charge < -0.3 is 25.3 Å². The number of nitrogen functional groups attached to an aromatic ring is 1. The van der Waals surface area contributed by atoms with Crippen LogP contribution < -0.4 is 5.73 Å². The van der Waals surface area contributed by atoms with Crippen molar-refractivity contribution < 1.29 is 19.3 Å². The second kappa shape index (κ2) is 3.95. The van der Waals surface area contributed by atoms with Crippen LogP contribution in [0.15, 0.2) is 18.6 Å². The van der Waals surface area contributed by atoms with Crippen molar-refractivity contribution in [3.63, 3.8) is 0 Å². The molecule has 3 heterocycles. The van der Waals surface area contributed by atoms with Crippen LogP contribution in [0.3, 0.4) is 0 Å². The number of nitrogens with zero attached hydrogens (tertiary/aromatic N) is 3. The number of aromatic nitrogens is 3. The number of aliphatic hydroxyl groups is 2. The molecule has 1 spiro atoms. The molecule has 1 aliphatic carbocycles. The van der Waals surface area contributed by atoms with Crippen molar-refractivity contribution in [2.75, 3.05) is 5.73 Å². The van der Waals surface area contributed by atoms with Crippen molar-refractivity contribution in [3.8, 4) is 12.3 Å². The van der Waals surface area contributed by atoms with E-state index in [2.05, 4.69) is 9.97 Å². The zero-order chi connectivity index (χ0) is 15.7. The average Bonchev–Trinajstić information content (AvgIpc) is 2.88. The average molecular weight is 304 g/mol. The van der Waals surface area contributed by atoms with Crippen LogP contribution in [0.1, 0.15) is 12.6 Å². The lowest BCUT2D eigenvalue weighted by Crippen LogP contribution is -2.42. The molecule has 2 fully saturated rings. The number of anilines is 1. The van der Waals surface area contributed by atoms with Crippen LogP contribution in [0.25, 0.3) is 11.0 Å². The van der Waals surface area contributed by atoms with Crippen molar-refractivity contribution in [1.82, 2.24) is 14.5 Å². The maximum absolute atomic E-state index is 15.2. The lowest BCUT2D eigenvalue weighted by atomic mass is 9.95. The molecule has 2 aromatic rings. The van der Waals surface area contributed by atoms with Crippen LogP contribution in [0.4, 0.5) is 10.2 Å². The first-order valence-corrected chi connectivity index (χ1v) is 6.71. The van der Waals surface area contributed by atoms with Gasteiger partial charge in [-0.1, -0.05) is 5.92 Å². The van der Waals surface area contributed by atoms with Gasteiger partial charge in [0.15, 0.2) is 6.23 Å². The molecule has 2 unspecified atom stereocenters. The zero-order valence-electron chi connectivity index (χ0n) is 11.3. The summed E-state index contributed by atoms with van der Waals surface area (Å²) in [6.45, 7) is 0. The number of rotatable bonds is 1. The number of nitrogens with two attached hydrogens (primary N) is 1. The highest BCUT2D eigenvalue weighted by atomic mass is 19.1. The molecule has 0 amide bonds. The molecule has 0 aromatic carbocycles. The summed E-state index contributed by atoms with van der Waals surface area (Å²) in [4.78, 5) is 7.93. The first-order chi connectivity index (χ1) is 10.4. The van der Waals surface area contributed by atoms with Gasteiger partial charge in [-0.15, -0.1) is 6.42 Å². The third-order valence-corrected chi connectivity index (χ3v) is 4.48. The Labute approximate surface area is 124 Å². The molecule has 2 aliphatic rings. The highest BCUT2D eigenvalue weighted by Gasteiger charge is 2.75. The van der Waals surface area contributed by atoms with E-state index in [-0.39, 0.29) is 12.2 Å². The summed E-state index contributed by atoms with van der Waals surface area (Å²) in [7, 11) is 0. The van der Waals surface area contributed by atoms with E-state index in [9.17, 15) is 10.2 Å². The predicted molar refractivity (Wildman–Crippen MR) is 74.1 cm³/mol. The van der Waals surface area contributed by atoms with E-state index in [4.69, 9.17) is 16.9 Å². The van der Waals surface area contributed by atoms with Gasteiger partial charge in [-0.05, 0) is 6.07 Å². The Hall–Kier alpha value is -2.21.